The van der Waals surface area contributed by atoms with E-state index in [-0.39, 0.29) is 5.82 Å². The Hall–Kier alpha value is -2.95. The van der Waals surface area contributed by atoms with Gasteiger partial charge in [-0.2, -0.15) is 0 Å². The molecule has 0 aromatic carbocycles. The quantitative estimate of drug-likeness (QED) is 0.249. The van der Waals surface area contributed by atoms with Gasteiger partial charge in [-0.1, -0.05) is 5.92 Å². The average molecular weight is 292 g/mol. The third-order valence-corrected chi connectivity index (χ3v) is 2.30. The summed E-state index contributed by atoms with van der Waals surface area (Å²) in [6.45, 7) is -0.437. The first-order chi connectivity index (χ1) is 9.91. The summed E-state index contributed by atoms with van der Waals surface area (Å²) in [6.07, 6.45) is 2.14. The molecule has 0 unspecified atom stereocenters. The van der Waals surface area contributed by atoms with Crippen molar-refractivity contribution in [3.05, 3.63) is 18.2 Å². The van der Waals surface area contributed by atoms with Crippen molar-refractivity contribution in [1.82, 2.24) is 9.55 Å². The molecule has 8 heteroatoms. The van der Waals surface area contributed by atoms with Crippen molar-refractivity contribution >= 4 is 23.5 Å². The molecule has 0 spiro atoms. The van der Waals surface area contributed by atoms with Crippen LogP contribution in [0.3, 0.4) is 0 Å². The van der Waals surface area contributed by atoms with Crippen molar-refractivity contribution in [2.75, 3.05) is 6.61 Å². The molecule has 0 saturated heterocycles. The van der Waals surface area contributed by atoms with Gasteiger partial charge in [-0.15, -0.1) is 0 Å². The first-order valence-electron chi connectivity index (χ1n) is 5.84. The van der Waals surface area contributed by atoms with Crippen molar-refractivity contribution < 1.29 is 29.0 Å². The lowest BCUT2D eigenvalue weighted by atomic mass is 10.2. The van der Waals surface area contributed by atoms with Crippen LogP contribution >= 0.6 is 0 Å². The number of carbonyl (C=O) groups excluding carboxylic acids is 3. The molecule has 0 fully saturated rings. The van der Waals surface area contributed by atoms with E-state index in [0.717, 1.165) is 0 Å². The smallest absolute Gasteiger partial charge is 0.375 e. The van der Waals surface area contributed by atoms with Gasteiger partial charge in [0, 0.05) is 25.9 Å². The van der Waals surface area contributed by atoms with Crippen LogP contribution in [-0.4, -0.2) is 44.8 Å². The number of imidazole rings is 1. The van der Waals surface area contributed by atoms with E-state index in [2.05, 4.69) is 21.6 Å². The van der Waals surface area contributed by atoms with Crippen molar-refractivity contribution in [2.45, 2.75) is 12.8 Å². The van der Waals surface area contributed by atoms with E-state index in [9.17, 15) is 19.2 Å². The van der Waals surface area contributed by atoms with Crippen LogP contribution < -0.4 is 0 Å². The SMILES string of the molecule is Cn1ccnc1C(=O)C#CCOC(=O)C(=O)CCC(=O)O. The van der Waals surface area contributed by atoms with Crippen LogP contribution in [0.25, 0.3) is 0 Å². The molecule has 0 aliphatic rings. The van der Waals surface area contributed by atoms with Crippen molar-refractivity contribution in [3.63, 3.8) is 0 Å². The minimum atomic E-state index is -1.18. The molecular formula is C13H12N2O6. The van der Waals surface area contributed by atoms with Crippen LogP contribution in [0.1, 0.15) is 23.5 Å². The zero-order valence-corrected chi connectivity index (χ0v) is 11.2. The third kappa shape index (κ3) is 5.28. The summed E-state index contributed by atoms with van der Waals surface area (Å²) in [7, 11) is 1.63. The Bertz CT molecular complexity index is 635. The first-order valence-corrected chi connectivity index (χ1v) is 5.84. The molecule has 1 N–H and O–H groups in total. The van der Waals surface area contributed by atoms with E-state index in [4.69, 9.17) is 5.11 Å². The first kappa shape index (κ1) is 16.1. The Balaban J connectivity index is 2.40. The predicted molar refractivity (Wildman–Crippen MR) is 68.2 cm³/mol. The lowest BCUT2D eigenvalue weighted by molar-refractivity contribution is -0.153. The standard InChI is InChI=1S/C13H12N2O6/c1-15-7-6-14-12(15)9(16)3-2-8-21-13(20)10(17)4-5-11(18)19/h6-7H,4-5,8H2,1H3,(H,18,19). The predicted octanol–water partition coefficient (Wildman–Crippen LogP) is -0.417. The zero-order valence-electron chi connectivity index (χ0n) is 11.2. The van der Waals surface area contributed by atoms with Gasteiger partial charge in [0.25, 0.3) is 5.78 Å². The normalized spacial score (nSPS) is 9.38. The molecular weight excluding hydrogens is 280 g/mol. The molecule has 1 aromatic heterocycles. The van der Waals surface area contributed by atoms with Gasteiger partial charge in [-0.05, 0) is 5.92 Å². The van der Waals surface area contributed by atoms with Gasteiger partial charge in [0.1, 0.15) is 0 Å². The molecule has 8 nitrogen and oxygen atoms in total. The Kier molecular flexibility index (Phi) is 5.82. The summed E-state index contributed by atoms with van der Waals surface area (Å²) < 4.78 is 5.98. The number of Topliss-reactive ketones (excluding diaryl/α,β-unsaturated/α-hetero) is 2. The number of carbonyl (C=O) groups is 4. The number of nitrogens with zero attached hydrogens (tertiary/aromatic N) is 2. The molecule has 1 aromatic rings. The molecule has 1 rings (SSSR count). The Morgan fingerprint density at radius 3 is 2.62 bits per heavy atom. The van der Waals surface area contributed by atoms with Gasteiger partial charge < -0.3 is 14.4 Å². The van der Waals surface area contributed by atoms with E-state index in [0.29, 0.717) is 0 Å². The van der Waals surface area contributed by atoms with E-state index in [1.807, 2.05) is 0 Å². The Morgan fingerprint density at radius 1 is 1.33 bits per heavy atom. The van der Waals surface area contributed by atoms with Gasteiger partial charge >= 0.3 is 11.9 Å². The molecule has 110 valence electrons. The highest BCUT2D eigenvalue weighted by Gasteiger charge is 2.16. The maximum Gasteiger partial charge on any atom is 0.375 e. The number of hydrogen-bond acceptors (Lipinski definition) is 6. The molecule has 0 aliphatic heterocycles. The number of hydrogen-bond donors (Lipinski definition) is 1. The molecule has 0 atom stereocenters. The summed E-state index contributed by atoms with van der Waals surface area (Å²) >= 11 is 0. The largest absolute Gasteiger partial charge is 0.481 e. The second kappa shape index (κ2) is 7.59. The summed E-state index contributed by atoms with van der Waals surface area (Å²) in [5, 5.41) is 8.36. The maximum atomic E-state index is 11.6. The van der Waals surface area contributed by atoms with E-state index in [1.54, 1.807) is 13.2 Å². The topological polar surface area (TPSA) is 116 Å². The molecule has 1 heterocycles. The molecule has 21 heavy (non-hydrogen) atoms. The second-order valence-electron chi connectivity index (χ2n) is 3.89. The third-order valence-electron chi connectivity index (χ3n) is 2.30. The summed E-state index contributed by atoms with van der Waals surface area (Å²) in [5.41, 5.74) is 0. The maximum absolute atomic E-state index is 11.6. The van der Waals surface area contributed by atoms with Gasteiger partial charge in [-0.25, -0.2) is 9.78 Å². The summed E-state index contributed by atoms with van der Waals surface area (Å²) in [5.74, 6) is 0.797. The monoisotopic (exact) mass is 292 g/mol. The highest BCUT2D eigenvalue weighted by Crippen LogP contribution is 1.95. The minimum Gasteiger partial charge on any atom is -0.481 e. The number of aromatic nitrogens is 2. The number of esters is 1. The zero-order chi connectivity index (χ0) is 15.8. The van der Waals surface area contributed by atoms with E-state index < -0.39 is 43.0 Å². The highest BCUT2D eigenvalue weighted by atomic mass is 16.5. The lowest BCUT2D eigenvalue weighted by Gasteiger charge is -1.98. The Labute approximate surface area is 119 Å². The molecule has 0 aliphatic carbocycles. The number of ketones is 2. The molecule has 0 radical (unpaired) electrons. The highest BCUT2D eigenvalue weighted by molar-refractivity contribution is 6.33. The average Bonchev–Trinajstić information content (AvgIpc) is 2.86. The number of rotatable bonds is 6. The molecule has 0 bridgehead atoms. The van der Waals surface area contributed by atoms with Gasteiger partial charge in [0.05, 0.1) is 6.42 Å². The summed E-state index contributed by atoms with van der Waals surface area (Å²) in [4.78, 5) is 47.9. The van der Waals surface area contributed by atoms with E-state index >= 15 is 0 Å². The van der Waals surface area contributed by atoms with Crippen LogP contribution in [0.4, 0.5) is 0 Å². The molecule has 0 amide bonds. The van der Waals surface area contributed by atoms with Gasteiger partial charge in [0.2, 0.25) is 5.78 Å². The number of aryl methyl sites for hydroxylation is 1. The fourth-order valence-corrected chi connectivity index (χ4v) is 1.26. The van der Waals surface area contributed by atoms with Crippen molar-refractivity contribution in [1.29, 1.82) is 0 Å². The van der Waals surface area contributed by atoms with Crippen LogP contribution in [0.2, 0.25) is 0 Å². The lowest BCUT2D eigenvalue weighted by Crippen LogP contribution is -2.18. The van der Waals surface area contributed by atoms with Gasteiger partial charge in [-0.3, -0.25) is 14.4 Å². The second-order valence-corrected chi connectivity index (χ2v) is 3.89. The van der Waals surface area contributed by atoms with Crippen LogP contribution in [0.5, 0.6) is 0 Å². The van der Waals surface area contributed by atoms with Crippen molar-refractivity contribution in [2.24, 2.45) is 7.05 Å². The minimum absolute atomic E-state index is 0.145. The number of carboxylic acids is 1. The van der Waals surface area contributed by atoms with E-state index in [1.165, 1.54) is 10.8 Å². The van der Waals surface area contributed by atoms with Gasteiger partial charge in [0.15, 0.2) is 12.4 Å². The molecule has 0 saturated carbocycles. The fourth-order valence-electron chi connectivity index (χ4n) is 1.26. The van der Waals surface area contributed by atoms with Crippen molar-refractivity contribution in [3.8, 4) is 11.8 Å². The number of aliphatic carboxylic acids is 1. The number of ether oxygens (including phenoxy) is 1. The number of carboxylic acid groups (broad SMARTS) is 1. The van der Waals surface area contributed by atoms with Crippen LogP contribution in [0.15, 0.2) is 12.4 Å². The summed E-state index contributed by atoms with van der Waals surface area (Å²) in [6, 6.07) is 0. The van der Waals surface area contributed by atoms with Crippen LogP contribution in [0, 0.1) is 11.8 Å². The van der Waals surface area contributed by atoms with Crippen LogP contribution in [-0.2, 0) is 26.2 Å². The Morgan fingerprint density at radius 2 is 2.05 bits per heavy atom. The fraction of sp³-hybridized carbons (Fsp3) is 0.308.